The van der Waals surface area contributed by atoms with E-state index in [9.17, 15) is 0 Å². The van der Waals surface area contributed by atoms with Crippen molar-refractivity contribution in [3.05, 3.63) is 533 Å². The van der Waals surface area contributed by atoms with Gasteiger partial charge in [-0.15, -0.1) is 287 Å². The Hall–Kier alpha value is -13.6. The Kier molecular flexibility index (Phi) is 43.1. The van der Waals surface area contributed by atoms with Gasteiger partial charge in [0.25, 0.3) is 0 Å². The van der Waals surface area contributed by atoms with Crippen LogP contribution < -0.4 is 0 Å². The molecular formula is C118H92Ir4N8-8. The second-order valence-corrected chi connectivity index (χ2v) is 28.9. The van der Waals surface area contributed by atoms with Gasteiger partial charge >= 0.3 is 0 Å². The van der Waals surface area contributed by atoms with Gasteiger partial charge in [0.2, 0.25) is 0 Å². The van der Waals surface area contributed by atoms with Crippen molar-refractivity contribution in [1.29, 1.82) is 0 Å². The number of rotatable bonds is 14. The molecule has 0 aliphatic carbocycles. The van der Waals surface area contributed by atoms with E-state index in [1.165, 1.54) is 38.9 Å². The fourth-order valence-electron chi connectivity index (χ4n) is 12.8. The minimum absolute atomic E-state index is 0. The van der Waals surface area contributed by atoms with Gasteiger partial charge in [-0.1, -0.05) is 227 Å². The van der Waals surface area contributed by atoms with Gasteiger partial charge in [-0.2, -0.15) is 0 Å². The molecule has 0 unspecified atom stereocenters. The minimum Gasteiger partial charge on any atom is -0.305 e. The summed E-state index contributed by atoms with van der Waals surface area (Å²) >= 11 is 0. The maximum absolute atomic E-state index is 4.55. The Morgan fingerprint density at radius 1 is 0.200 bits per heavy atom. The van der Waals surface area contributed by atoms with E-state index in [1.54, 1.807) is 24.8 Å². The van der Waals surface area contributed by atoms with Crippen LogP contribution in [-0.2, 0) is 86.8 Å². The maximum atomic E-state index is 4.55. The molecular weight excluding hydrogens is 2300 g/mol. The minimum atomic E-state index is 0. The van der Waals surface area contributed by atoms with Crippen LogP contribution in [0.5, 0.6) is 0 Å². The predicted molar refractivity (Wildman–Crippen MR) is 518 cm³/mol. The standard InChI is InChI=1S/C20H18N.C19H16N.C18H14N.C17H12N.4C11H8N.4Ir/c1-15(2)16-8-10-17(11-9-16)19-12-13-20(21-14-19)18-6-4-3-5-7-18;1-2-15-8-10-16(11-9-15)18-12-13-19(20-14-18)17-6-4-3-5-7-17;1-14-7-9-15(10-8-14)17-11-12-18(19-13-17)16-5-3-2-4-6-16;1-3-7-14(8-4-1)16-11-12-17(18-13-16)15-9-5-2-6-10-15;4*1-2-6-10(7-3-1)11-8-4-5-9-12-11;;;;/h3-6,8-15H,1-2H3;3-6,8-14H,2H2,1H3;2-5,7-13H,1H3;1-9,11-13H;4*1-6,8-9H;;;;/q8*-1;;;;. The molecule has 0 fully saturated rings. The van der Waals surface area contributed by atoms with E-state index >= 15 is 0 Å². The van der Waals surface area contributed by atoms with Crippen molar-refractivity contribution in [2.75, 3.05) is 0 Å². The molecule has 8 heterocycles. The zero-order valence-corrected chi connectivity index (χ0v) is 81.7. The summed E-state index contributed by atoms with van der Waals surface area (Å²) in [6.45, 7) is 8.68. The summed E-state index contributed by atoms with van der Waals surface area (Å²) in [5.41, 5.74) is 29.3. The number of aromatic nitrogens is 8. The Bertz CT molecular complexity index is 5870. The monoisotopic (exact) mass is 2390 g/mol. The molecule has 0 aliphatic heterocycles. The maximum Gasteiger partial charge on any atom is 0.0239 e. The molecule has 8 nitrogen and oxygen atoms in total. The Labute approximate surface area is 820 Å². The van der Waals surface area contributed by atoms with Gasteiger partial charge in [-0.05, 0) is 145 Å². The van der Waals surface area contributed by atoms with Crippen molar-refractivity contribution in [2.45, 2.75) is 40.0 Å². The molecule has 0 amide bonds. The van der Waals surface area contributed by atoms with Crippen LogP contribution >= 0.6 is 0 Å². The third-order valence-electron chi connectivity index (χ3n) is 19.7. The van der Waals surface area contributed by atoms with Gasteiger partial charge in [-0.25, -0.2) is 0 Å². The van der Waals surface area contributed by atoms with Crippen molar-refractivity contribution in [3.63, 3.8) is 0 Å². The van der Waals surface area contributed by atoms with E-state index in [2.05, 4.69) is 237 Å². The largest absolute Gasteiger partial charge is 0.305 e. The van der Waals surface area contributed by atoms with Crippen molar-refractivity contribution >= 4 is 0 Å². The van der Waals surface area contributed by atoms with Crippen LogP contribution in [0.25, 0.3) is 135 Å². The topological polar surface area (TPSA) is 103 Å². The summed E-state index contributed by atoms with van der Waals surface area (Å²) in [7, 11) is 0. The second kappa shape index (κ2) is 55.9. The Morgan fingerprint density at radius 2 is 0.408 bits per heavy atom. The first-order valence-electron chi connectivity index (χ1n) is 41.8. The Morgan fingerprint density at radius 3 is 0.608 bits per heavy atom. The number of hydrogen-bond donors (Lipinski definition) is 0. The van der Waals surface area contributed by atoms with Crippen LogP contribution in [0.3, 0.4) is 0 Å². The van der Waals surface area contributed by atoms with E-state index < -0.39 is 0 Å². The van der Waals surface area contributed by atoms with Crippen LogP contribution in [0.1, 0.15) is 43.4 Å². The first-order valence-corrected chi connectivity index (χ1v) is 41.8. The van der Waals surface area contributed by atoms with Gasteiger partial charge in [0.05, 0.1) is 0 Å². The average molecular weight is 2390 g/mol. The molecule has 0 saturated heterocycles. The summed E-state index contributed by atoms with van der Waals surface area (Å²) in [5.74, 6) is 0.563. The number of aryl methyl sites for hydroxylation is 2. The number of pyridine rings is 8. The summed E-state index contributed by atoms with van der Waals surface area (Å²) < 4.78 is 0. The Balaban J connectivity index is 0.000000168. The molecule has 0 spiro atoms. The molecule has 20 rings (SSSR count). The number of nitrogens with zero attached hydrogens (tertiary/aromatic N) is 8. The van der Waals surface area contributed by atoms with E-state index in [4.69, 9.17) is 0 Å². The van der Waals surface area contributed by atoms with Gasteiger partial charge < -0.3 is 39.9 Å². The molecule has 4 radical (unpaired) electrons. The molecule has 12 heteroatoms. The molecule has 20 aromatic rings. The third kappa shape index (κ3) is 32.0. The van der Waals surface area contributed by atoms with Gasteiger partial charge in [-0.3, -0.25) is 0 Å². The van der Waals surface area contributed by atoms with Crippen LogP contribution in [0.15, 0.2) is 468 Å². The first-order chi connectivity index (χ1) is 62.2. The van der Waals surface area contributed by atoms with Gasteiger partial charge in [0, 0.05) is 130 Å². The molecule has 648 valence electrons. The van der Waals surface area contributed by atoms with E-state index in [0.717, 1.165) is 119 Å². The molecule has 0 saturated carbocycles. The molecule has 0 N–H and O–H groups in total. The van der Waals surface area contributed by atoms with E-state index in [0.29, 0.717) is 5.92 Å². The fraction of sp³-hybridized carbons (Fsp3) is 0.0508. The molecule has 0 aliphatic rings. The zero-order chi connectivity index (χ0) is 86.6. The first kappa shape index (κ1) is 100. The predicted octanol–water partition coefficient (Wildman–Crippen LogP) is 29.0. The molecule has 0 bridgehead atoms. The summed E-state index contributed by atoms with van der Waals surface area (Å²) in [6.07, 6.45) is 15.9. The zero-order valence-electron chi connectivity index (χ0n) is 72.2. The number of hydrogen-bond acceptors (Lipinski definition) is 8. The van der Waals surface area contributed by atoms with Gasteiger partial charge in [0.1, 0.15) is 0 Å². The average Bonchev–Trinajstić information content (AvgIpc) is 0.838. The van der Waals surface area contributed by atoms with Crippen LogP contribution in [0, 0.1) is 55.5 Å². The quantitative estimate of drug-likeness (QED) is 0.0992. The summed E-state index contributed by atoms with van der Waals surface area (Å²) in [5, 5.41) is 0. The second-order valence-electron chi connectivity index (χ2n) is 28.9. The van der Waals surface area contributed by atoms with Crippen molar-refractivity contribution < 1.29 is 80.4 Å². The van der Waals surface area contributed by atoms with Crippen molar-refractivity contribution in [2.24, 2.45) is 0 Å². The van der Waals surface area contributed by atoms with E-state index in [-0.39, 0.29) is 80.4 Å². The summed E-state index contributed by atoms with van der Waals surface area (Å²) in [4.78, 5) is 35.0. The van der Waals surface area contributed by atoms with Crippen molar-refractivity contribution in [1.82, 2.24) is 39.9 Å². The molecule has 0 atom stereocenters. The van der Waals surface area contributed by atoms with E-state index in [1.807, 2.05) is 322 Å². The normalized spacial score (nSPS) is 9.85. The molecule has 12 aromatic carbocycles. The van der Waals surface area contributed by atoms with Crippen LogP contribution in [0.4, 0.5) is 0 Å². The third-order valence-corrected chi connectivity index (χ3v) is 19.7. The van der Waals surface area contributed by atoms with Crippen LogP contribution in [-0.4, -0.2) is 39.9 Å². The molecule has 130 heavy (non-hydrogen) atoms. The van der Waals surface area contributed by atoms with Crippen molar-refractivity contribution in [3.8, 4) is 135 Å². The fourth-order valence-corrected chi connectivity index (χ4v) is 12.8. The van der Waals surface area contributed by atoms with Gasteiger partial charge in [0.15, 0.2) is 0 Å². The van der Waals surface area contributed by atoms with Crippen LogP contribution in [0.2, 0.25) is 0 Å². The summed E-state index contributed by atoms with van der Waals surface area (Å²) in [6, 6.07) is 164. The molecule has 8 aromatic heterocycles. The smallest absolute Gasteiger partial charge is 0.0239 e. The number of benzene rings is 12. The SMILES string of the molecule is CC(C)c1ccc(-c2ccc(-c3[c-]cccc3)nc2)cc1.CCc1ccc(-c2ccc(-c3[c-]cccc3)nc2)cc1.Cc1ccc(-c2ccc(-c3[c-]cccc3)nc2)cc1.[Ir].[Ir].[Ir].[Ir].[c-]1ccccc1-c1ccc(-c2ccccc2)cn1.[c-]1ccccc1-c1ccccn1.[c-]1ccccc1-c1ccccn1.[c-]1ccccc1-c1ccccn1.[c-]1ccccc1-c1ccccn1.